The molecule has 0 spiro atoms. The normalized spacial score (nSPS) is 23.2. The zero-order chi connectivity index (χ0) is 20.5. The summed E-state index contributed by atoms with van der Waals surface area (Å²) in [4.78, 5) is 7.91. The quantitative estimate of drug-likeness (QED) is 0.752. The first-order valence-electron chi connectivity index (χ1n) is 11.2. The van der Waals surface area contributed by atoms with Crippen molar-refractivity contribution in [2.24, 2.45) is 7.05 Å². The molecule has 4 heterocycles. The van der Waals surface area contributed by atoms with Crippen LogP contribution in [0.3, 0.4) is 0 Å². The van der Waals surface area contributed by atoms with Crippen LogP contribution in [0.25, 0.3) is 0 Å². The number of hydrogen-bond donors (Lipinski definition) is 0. The van der Waals surface area contributed by atoms with Crippen molar-refractivity contribution in [2.75, 3.05) is 46.1 Å². The number of piperidine rings is 1. The van der Waals surface area contributed by atoms with Crippen molar-refractivity contribution in [3.63, 3.8) is 0 Å². The summed E-state index contributed by atoms with van der Waals surface area (Å²) in [5.41, 5.74) is 3.96. The third kappa shape index (κ3) is 4.19. The third-order valence-electron chi connectivity index (χ3n) is 6.98. The Morgan fingerprint density at radius 1 is 1.00 bits per heavy atom. The van der Waals surface area contributed by atoms with Crippen molar-refractivity contribution in [3.05, 3.63) is 41.2 Å². The fraction of sp³-hybridized carbons (Fsp3) is 0.609. The smallest absolute Gasteiger partial charge is 0.231 e. The number of nitrogens with zero attached hydrogens (tertiary/aromatic N) is 5. The van der Waals surface area contributed by atoms with E-state index in [1.807, 2.05) is 24.0 Å². The second kappa shape index (κ2) is 8.57. The van der Waals surface area contributed by atoms with Crippen LogP contribution in [-0.4, -0.2) is 76.6 Å². The molecule has 2 aromatic rings. The van der Waals surface area contributed by atoms with E-state index in [2.05, 4.69) is 38.9 Å². The lowest BCUT2D eigenvalue weighted by Crippen LogP contribution is -2.54. The van der Waals surface area contributed by atoms with Crippen LogP contribution in [0.15, 0.2) is 24.4 Å². The maximum atomic E-state index is 5.53. The van der Waals surface area contributed by atoms with E-state index in [0.29, 0.717) is 12.8 Å². The monoisotopic (exact) mass is 411 g/mol. The first-order valence-corrected chi connectivity index (χ1v) is 11.2. The molecule has 2 fully saturated rings. The molecule has 1 aromatic carbocycles. The molecule has 30 heavy (non-hydrogen) atoms. The molecule has 2 saturated heterocycles. The lowest BCUT2D eigenvalue weighted by molar-refractivity contribution is 0.0476. The van der Waals surface area contributed by atoms with Gasteiger partial charge in [0.1, 0.15) is 0 Å². The molecule has 0 radical (unpaired) electrons. The fourth-order valence-corrected chi connectivity index (χ4v) is 5.00. The number of aryl methyl sites for hydroxylation is 1. The van der Waals surface area contributed by atoms with E-state index >= 15 is 0 Å². The summed E-state index contributed by atoms with van der Waals surface area (Å²) in [5.74, 6) is 1.75. The van der Waals surface area contributed by atoms with Gasteiger partial charge in [0.2, 0.25) is 6.79 Å². The molecular formula is C23H33N5O2. The van der Waals surface area contributed by atoms with Crippen molar-refractivity contribution in [1.29, 1.82) is 0 Å². The molecule has 0 amide bonds. The molecule has 1 atom stereocenters. The molecule has 0 N–H and O–H groups in total. The molecule has 7 nitrogen and oxygen atoms in total. The van der Waals surface area contributed by atoms with Crippen LogP contribution < -0.4 is 9.47 Å². The average Bonchev–Trinajstić information content (AvgIpc) is 3.36. The Kier molecular flexibility index (Phi) is 5.67. The van der Waals surface area contributed by atoms with Gasteiger partial charge in [-0.1, -0.05) is 6.07 Å². The highest BCUT2D eigenvalue weighted by molar-refractivity contribution is 5.44. The van der Waals surface area contributed by atoms with E-state index in [-0.39, 0.29) is 0 Å². The molecule has 3 aliphatic heterocycles. The Morgan fingerprint density at radius 2 is 1.83 bits per heavy atom. The minimum atomic E-state index is 0.343. The Balaban J connectivity index is 1.12. The van der Waals surface area contributed by atoms with E-state index in [1.54, 1.807) is 0 Å². The van der Waals surface area contributed by atoms with Gasteiger partial charge in [0, 0.05) is 70.2 Å². The molecule has 3 aliphatic rings. The largest absolute Gasteiger partial charge is 0.454 e. The summed E-state index contributed by atoms with van der Waals surface area (Å²) in [6.45, 7) is 11.5. The van der Waals surface area contributed by atoms with E-state index in [4.69, 9.17) is 9.47 Å². The van der Waals surface area contributed by atoms with Gasteiger partial charge in [-0.2, -0.15) is 5.10 Å². The molecule has 7 heteroatoms. The van der Waals surface area contributed by atoms with E-state index in [1.165, 1.54) is 42.8 Å². The Hall–Kier alpha value is -2.09. The van der Waals surface area contributed by atoms with Crippen LogP contribution >= 0.6 is 0 Å². The molecule has 1 unspecified atom stereocenters. The van der Waals surface area contributed by atoms with Gasteiger partial charge in [-0.3, -0.25) is 19.4 Å². The maximum Gasteiger partial charge on any atom is 0.231 e. The van der Waals surface area contributed by atoms with E-state index in [9.17, 15) is 0 Å². The zero-order valence-corrected chi connectivity index (χ0v) is 18.2. The summed E-state index contributed by atoms with van der Waals surface area (Å²) < 4.78 is 12.9. The van der Waals surface area contributed by atoms with Crippen LogP contribution in [0.2, 0.25) is 0 Å². The van der Waals surface area contributed by atoms with Gasteiger partial charge in [0.15, 0.2) is 11.5 Å². The van der Waals surface area contributed by atoms with Crippen LogP contribution in [0.4, 0.5) is 0 Å². The summed E-state index contributed by atoms with van der Waals surface area (Å²) >= 11 is 0. The minimum Gasteiger partial charge on any atom is -0.454 e. The average molecular weight is 412 g/mol. The summed E-state index contributed by atoms with van der Waals surface area (Å²) in [5, 5.41) is 4.41. The van der Waals surface area contributed by atoms with Crippen LogP contribution in [0, 0.1) is 6.92 Å². The number of likely N-dealkylation sites (tertiary alicyclic amines) is 1. The lowest BCUT2D eigenvalue weighted by atomic mass is 10.0. The third-order valence-corrected chi connectivity index (χ3v) is 6.98. The lowest BCUT2D eigenvalue weighted by Gasteiger charge is -2.43. The van der Waals surface area contributed by atoms with Crippen molar-refractivity contribution in [1.82, 2.24) is 24.5 Å². The van der Waals surface area contributed by atoms with Crippen LogP contribution in [0.5, 0.6) is 11.5 Å². The van der Waals surface area contributed by atoms with Gasteiger partial charge >= 0.3 is 0 Å². The molecule has 0 aliphatic carbocycles. The first-order chi connectivity index (χ1) is 14.7. The SMILES string of the molecule is Cc1c(CN2CCCC(N3CCN(Cc4ccc5c(c4)OCO5)CC3)C2)cnn1C. The second-order valence-electron chi connectivity index (χ2n) is 8.91. The van der Waals surface area contributed by atoms with Crippen molar-refractivity contribution >= 4 is 0 Å². The topological polar surface area (TPSA) is 46.0 Å². The van der Waals surface area contributed by atoms with E-state index in [0.717, 1.165) is 50.8 Å². The highest BCUT2D eigenvalue weighted by Gasteiger charge is 2.28. The highest BCUT2D eigenvalue weighted by Crippen LogP contribution is 2.33. The van der Waals surface area contributed by atoms with E-state index < -0.39 is 0 Å². The van der Waals surface area contributed by atoms with Crippen molar-refractivity contribution < 1.29 is 9.47 Å². The van der Waals surface area contributed by atoms with Gasteiger partial charge < -0.3 is 9.47 Å². The summed E-state index contributed by atoms with van der Waals surface area (Å²) in [7, 11) is 2.03. The first kappa shape index (κ1) is 19.8. The Bertz CT molecular complexity index is 874. The fourth-order valence-electron chi connectivity index (χ4n) is 5.00. The maximum absolute atomic E-state index is 5.53. The molecule has 0 saturated carbocycles. The molecular weight excluding hydrogens is 378 g/mol. The van der Waals surface area contributed by atoms with Crippen molar-refractivity contribution in [3.8, 4) is 11.5 Å². The van der Waals surface area contributed by atoms with Crippen LogP contribution in [0.1, 0.15) is 29.7 Å². The number of fused-ring (bicyclic) bond motifs is 1. The van der Waals surface area contributed by atoms with Gasteiger partial charge in [0.25, 0.3) is 0 Å². The van der Waals surface area contributed by atoms with Gasteiger partial charge in [-0.15, -0.1) is 0 Å². The van der Waals surface area contributed by atoms with Gasteiger partial charge in [-0.05, 0) is 44.0 Å². The number of piperazine rings is 1. The number of hydrogen-bond acceptors (Lipinski definition) is 6. The second-order valence-corrected chi connectivity index (χ2v) is 8.91. The van der Waals surface area contributed by atoms with Gasteiger partial charge in [-0.25, -0.2) is 0 Å². The summed E-state index contributed by atoms with van der Waals surface area (Å²) in [6, 6.07) is 7.02. The van der Waals surface area contributed by atoms with Crippen molar-refractivity contribution in [2.45, 2.75) is 38.9 Å². The molecule has 0 bridgehead atoms. The summed E-state index contributed by atoms with van der Waals surface area (Å²) in [6.07, 6.45) is 4.65. The number of rotatable bonds is 5. The molecule has 1 aromatic heterocycles. The zero-order valence-electron chi connectivity index (χ0n) is 18.2. The molecule has 162 valence electrons. The predicted octanol–water partition coefficient (Wildman–Crippen LogP) is 2.24. The number of benzene rings is 1. The minimum absolute atomic E-state index is 0.343. The highest BCUT2D eigenvalue weighted by atomic mass is 16.7. The Morgan fingerprint density at radius 3 is 2.63 bits per heavy atom. The molecule has 5 rings (SSSR count). The number of ether oxygens (including phenoxy) is 2. The Labute approximate surface area is 179 Å². The van der Waals surface area contributed by atoms with Crippen LogP contribution in [-0.2, 0) is 20.1 Å². The number of aromatic nitrogens is 2. The predicted molar refractivity (Wildman–Crippen MR) is 116 cm³/mol. The standard InChI is InChI=1S/C23H33N5O2/c1-18-20(13-24-25(18)2)15-27-7-3-4-21(16-27)28-10-8-26(9-11-28)14-19-5-6-22-23(12-19)30-17-29-22/h5-6,12-13,21H,3-4,7-11,14-17H2,1-2H3. The van der Waals surface area contributed by atoms with Gasteiger partial charge in [0.05, 0.1) is 6.20 Å².